The predicted molar refractivity (Wildman–Crippen MR) is 107 cm³/mol. The van der Waals surface area contributed by atoms with Crippen LogP contribution in [0.25, 0.3) is 0 Å². The zero-order valence-corrected chi connectivity index (χ0v) is 15.8. The van der Waals surface area contributed by atoms with Gasteiger partial charge in [-0.1, -0.05) is 24.3 Å². The van der Waals surface area contributed by atoms with E-state index in [1.54, 1.807) is 12.3 Å². The number of carbonyl (C=O) groups is 1. The van der Waals surface area contributed by atoms with Crippen LogP contribution in [0, 0.1) is 5.82 Å². The van der Waals surface area contributed by atoms with Crippen molar-refractivity contribution in [3.8, 4) is 11.6 Å². The van der Waals surface area contributed by atoms with E-state index in [2.05, 4.69) is 27.4 Å². The molecule has 1 aromatic heterocycles. The highest BCUT2D eigenvalue weighted by molar-refractivity contribution is 5.77. The molecule has 2 aromatic carbocycles. The van der Waals surface area contributed by atoms with Crippen molar-refractivity contribution >= 4 is 11.9 Å². The van der Waals surface area contributed by atoms with Crippen LogP contribution in [-0.2, 0) is 17.9 Å². The summed E-state index contributed by atoms with van der Waals surface area (Å²) in [6.07, 6.45) is 2.73. The molecule has 0 radical (unpaired) electrons. The smallest absolute Gasteiger partial charge is 0.225 e. The van der Waals surface area contributed by atoms with Crippen LogP contribution in [0.1, 0.15) is 24.0 Å². The molecule has 1 amide bonds. The summed E-state index contributed by atoms with van der Waals surface area (Å²) >= 11 is 0. The van der Waals surface area contributed by atoms with Crippen LogP contribution in [0.5, 0.6) is 11.6 Å². The van der Waals surface area contributed by atoms with E-state index in [0.29, 0.717) is 50.1 Å². The summed E-state index contributed by atoms with van der Waals surface area (Å²) < 4.78 is 18.6. The van der Waals surface area contributed by atoms with Crippen molar-refractivity contribution in [1.82, 2.24) is 14.9 Å². The van der Waals surface area contributed by atoms with E-state index in [4.69, 9.17) is 4.74 Å². The number of anilines is 1. The number of fused-ring (bicyclic) bond motifs is 1. The standard InChI is InChI=1S/C22H21FN4O2/c23-18-7-9-19(10-8-18)29-20-11-13-25-22(26-20)24-12-3-6-21(28)27-14-16-4-1-2-5-17(16)15-27/h1-2,4-5,7-11,13H,3,6,12,14-15H2,(H,24,25,26). The fourth-order valence-corrected chi connectivity index (χ4v) is 3.21. The van der Waals surface area contributed by atoms with Crippen molar-refractivity contribution in [2.24, 2.45) is 0 Å². The summed E-state index contributed by atoms with van der Waals surface area (Å²) in [5.74, 6) is 1.10. The molecule has 0 bridgehead atoms. The molecule has 0 fully saturated rings. The first-order valence-corrected chi connectivity index (χ1v) is 9.52. The third-order valence-electron chi connectivity index (χ3n) is 4.71. The minimum Gasteiger partial charge on any atom is -0.439 e. The molecule has 0 aliphatic carbocycles. The van der Waals surface area contributed by atoms with Crippen molar-refractivity contribution in [3.05, 3.63) is 77.7 Å². The molecule has 29 heavy (non-hydrogen) atoms. The van der Waals surface area contributed by atoms with Crippen LogP contribution >= 0.6 is 0 Å². The zero-order chi connectivity index (χ0) is 20.1. The highest BCUT2D eigenvalue weighted by Gasteiger charge is 2.22. The number of ether oxygens (including phenoxy) is 1. The lowest BCUT2D eigenvalue weighted by atomic mass is 10.1. The monoisotopic (exact) mass is 392 g/mol. The third-order valence-corrected chi connectivity index (χ3v) is 4.71. The Morgan fingerprint density at radius 1 is 1.07 bits per heavy atom. The van der Waals surface area contributed by atoms with E-state index in [-0.39, 0.29) is 11.7 Å². The summed E-state index contributed by atoms with van der Waals surface area (Å²) in [6.45, 7) is 1.95. The van der Waals surface area contributed by atoms with E-state index in [9.17, 15) is 9.18 Å². The normalized spacial score (nSPS) is 12.5. The molecule has 0 atom stereocenters. The number of hydrogen-bond donors (Lipinski definition) is 1. The van der Waals surface area contributed by atoms with Crippen molar-refractivity contribution in [2.45, 2.75) is 25.9 Å². The molecule has 0 saturated heterocycles. The van der Waals surface area contributed by atoms with Crippen LogP contribution in [-0.4, -0.2) is 27.3 Å². The number of carbonyl (C=O) groups excluding carboxylic acids is 1. The van der Waals surface area contributed by atoms with E-state index >= 15 is 0 Å². The number of benzene rings is 2. The van der Waals surface area contributed by atoms with Gasteiger partial charge in [-0.25, -0.2) is 9.37 Å². The number of halogens is 1. The first-order valence-electron chi connectivity index (χ1n) is 9.52. The average molecular weight is 392 g/mol. The molecule has 7 heteroatoms. The fraction of sp³-hybridized carbons (Fsp3) is 0.227. The Labute approximate surface area is 168 Å². The molecule has 1 aliphatic heterocycles. The van der Waals surface area contributed by atoms with Crippen molar-refractivity contribution in [2.75, 3.05) is 11.9 Å². The maximum atomic E-state index is 13.0. The second kappa shape index (κ2) is 8.68. The summed E-state index contributed by atoms with van der Waals surface area (Å²) in [4.78, 5) is 22.8. The summed E-state index contributed by atoms with van der Waals surface area (Å²) in [5.41, 5.74) is 2.45. The van der Waals surface area contributed by atoms with Gasteiger partial charge in [0.25, 0.3) is 0 Å². The van der Waals surface area contributed by atoms with Crippen LogP contribution in [0.3, 0.4) is 0 Å². The molecule has 6 nitrogen and oxygen atoms in total. The molecule has 0 unspecified atom stereocenters. The Morgan fingerprint density at radius 2 is 1.79 bits per heavy atom. The fourth-order valence-electron chi connectivity index (χ4n) is 3.21. The second-order valence-electron chi connectivity index (χ2n) is 6.82. The Kier molecular flexibility index (Phi) is 5.65. The SMILES string of the molecule is O=C(CCCNc1nccc(Oc2ccc(F)cc2)n1)N1Cc2ccccc2C1. The first-order chi connectivity index (χ1) is 14.2. The van der Waals surface area contributed by atoms with Gasteiger partial charge in [-0.05, 0) is 41.8 Å². The maximum absolute atomic E-state index is 13.0. The first kappa shape index (κ1) is 18.9. The summed E-state index contributed by atoms with van der Waals surface area (Å²) in [7, 11) is 0. The molecule has 1 aliphatic rings. The number of aromatic nitrogens is 2. The summed E-state index contributed by atoms with van der Waals surface area (Å²) in [5, 5.41) is 3.11. The number of nitrogens with one attached hydrogen (secondary N) is 1. The lowest BCUT2D eigenvalue weighted by Crippen LogP contribution is -2.25. The van der Waals surface area contributed by atoms with Gasteiger partial charge in [0.2, 0.25) is 17.7 Å². The minimum atomic E-state index is -0.324. The van der Waals surface area contributed by atoms with E-state index < -0.39 is 0 Å². The van der Waals surface area contributed by atoms with Gasteiger partial charge >= 0.3 is 0 Å². The van der Waals surface area contributed by atoms with Gasteiger partial charge < -0.3 is 15.0 Å². The van der Waals surface area contributed by atoms with Gasteiger partial charge in [0.1, 0.15) is 11.6 Å². The van der Waals surface area contributed by atoms with E-state index in [1.807, 2.05) is 17.0 Å². The van der Waals surface area contributed by atoms with Gasteiger partial charge in [-0.15, -0.1) is 0 Å². The maximum Gasteiger partial charge on any atom is 0.225 e. The van der Waals surface area contributed by atoms with E-state index in [1.165, 1.54) is 35.4 Å². The molecule has 2 heterocycles. The van der Waals surface area contributed by atoms with E-state index in [0.717, 1.165) is 0 Å². The van der Waals surface area contributed by atoms with Gasteiger partial charge in [-0.2, -0.15) is 4.98 Å². The number of rotatable bonds is 7. The van der Waals surface area contributed by atoms with Crippen molar-refractivity contribution < 1.29 is 13.9 Å². The Hall–Kier alpha value is -3.48. The number of nitrogens with zero attached hydrogens (tertiary/aromatic N) is 3. The lowest BCUT2D eigenvalue weighted by Gasteiger charge is -2.15. The molecule has 148 valence electrons. The minimum absolute atomic E-state index is 0.150. The van der Waals surface area contributed by atoms with Crippen LogP contribution in [0.15, 0.2) is 60.8 Å². The van der Waals surface area contributed by atoms with Crippen molar-refractivity contribution in [1.29, 1.82) is 0 Å². The second-order valence-corrected chi connectivity index (χ2v) is 6.82. The number of amides is 1. The summed E-state index contributed by atoms with van der Waals surface area (Å²) in [6, 6.07) is 15.5. The average Bonchev–Trinajstić information content (AvgIpc) is 3.18. The number of hydrogen-bond acceptors (Lipinski definition) is 5. The largest absolute Gasteiger partial charge is 0.439 e. The zero-order valence-electron chi connectivity index (χ0n) is 15.8. The molecule has 0 spiro atoms. The molecule has 0 saturated carbocycles. The molecular weight excluding hydrogens is 371 g/mol. The molecule has 3 aromatic rings. The Balaban J connectivity index is 1.23. The quantitative estimate of drug-likeness (QED) is 0.612. The predicted octanol–water partition coefficient (Wildman–Crippen LogP) is 4.14. The molecular formula is C22H21FN4O2. The molecule has 4 rings (SSSR count). The Bertz CT molecular complexity index is 969. The van der Waals surface area contributed by atoms with Crippen LogP contribution in [0.4, 0.5) is 10.3 Å². The third kappa shape index (κ3) is 4.87. The van der Waals surface area contributed by atoms with Gasteiger partial charge in [0.15, 0.2) is 0 Å². The van der Waals surface area contributed by atoms with Gasteiger partial charge in [-0.3, -0.25) is 4.79 Å². The van der Waals surface area contributed by atoms with Gasteiger partial charge in [0, 0.05) is 38.3 Å². The van der Waals surface area contributed by atoms with Crippen molar-refractivity contribution in [3.63, 3.8) is 0 Å². The van der Waals surface area contributed by atoms with Crippen LogP contribution < -0.4 is 10.1 Å². The van der Waals surface area contributed by atoms with Gasteiger partial charge in [0.05, 0.1) is 0 Å². The highest BCUT2D eigenvalue weighted by Crippen LogP contribution is 2.23. The molecule has 1 N–H and O–H groups in total. The Morgan fingerprint density at radius 3 is 2.52 bits per heavy atom. The van der Waals surface area contributed by atoms with Crippen LogP contribution in [0.2, 0.25) is 0 Å². The highest BCUT2D eigenvalue weighted by atomic mass is 19.1. The topological polar surface area (TPSA) is 67.3 Å². The lowest BCUT2D eigenvalue weighted by molar-refractivity contribution is -0.131.